The summed E-state index contributed by atoms with van der Waals surface area (Å²) in [6, 6.07) is 0.369. The van der Waals surface area contributed by atoms with E-state index in [2.05, 4.69) is 10.4 Å². The van der Waals surface area contributed by atoms with Crippen molar-refractivity contribution < 1.29 is 9.59 Å². The maximum atomic E-state index is 12.8. The SMILES string of the molecule is O=C(NC1CCCC1)N1CCN(C(=O)c2cnn3c2CCCC3)CC1. The average Bonchev–Trinajstić information content (AvgIpc) is 3.31. The van der Waals surface area contributed by atoms with E-state index in [1.807, 2.05) is 14.5 Å². The van der Waals surface area contributed by atoms with E-state index in [0.29, 0.717) is 32.2 Å². The van der Waals surface area contributed by atoms with Crippen molar-refractivity contribution in [1.29, 1.82) is 0 Å². The number of rotatable bonds is 2. The first kappa shape index (κ1) is 16.4. The van der Waals surface area contributed by atoms with Crippen LogP contribution >= 0.6 is 0 Å². The number of carbonyl (C=O) groups excluding carboxylic acids is 2. The molecule has 1 N–H and O–H groups in total. The van der Waals surface area contributed by atoms with Gasteiger partial charge in [-0.25, -0.2) is 4.79 Å². The van der Waals surface area contributed by atoms with E-state index in [1.165, 1.54) is 12.8 Å². The fourth-order valence-corrected chi connectivity index (χ4v) is 4.22. The number of urea groups is 1. The van der Waals surface area contributed by atoms with Crippen molar-refractivity contribution in [2.45, 2.75) is 57.5 Å². The van der Waals surface area contributed by atoms with Crippen molar-refractivity contribution in [2.24, 2.45) is 0 Å². The lowest BCUT2D eigenvalue weighted by Crippen LogP contribution is -2.54. The molecule has 0 bridgehead atoms. The lowest BCUT2D eigenvalue weighted by Gasteiger charge is -2.35. The van der Waals surface area contributed by atoms with Gasteiger partial charge < -0.3 is 15.1 Å². The van der Waals surface area contributed by atoms with Gasteiger partial charge in [-0.3, -0.25) is 9.48 Å². The van der Waals surface area contributed by atoms with Crippen LogP contribution in [0.3, 0.4) is 0 Å². The summed E-state index contributed by atoms with van der Waals surface area (Å²) < 4.78 is 1.97. The minimum atomic E-state index is 0.0295. The normalized spacial score (nSPS) is 21.3. The lowest BCUT2D eigenvalue weighted by molar-refractivity contribution is 0.0662. The molecule has 25 heavy (non-hydrogen) atoms. The summed E-state index contributed by atoms with van der Waals surface area (Å²) in [5, 5.41) is 7.50. The average molecular weight is 345 g/mol. The molecule has 0 radical (unpaired) electrons. The number of fused-ring (bicyclic) bond motifs is 1. The van der Waals surface area contributed by atoms with Crippen molar-refractivity contribution in [3.8, 4) is 0 Å². The number of amides is 3. The summed E-state index contributed by atoms with van der Waals surface area (Å²) in [5.41, 5.74) is 1.83. The molecule has 2 fully saturated rings. The number of hydrogen-bond donors (Lipinski definition) is 1. The summed E-state index contributed by atoms with van der Waals surface area (Å²) >= 11 is 0. The summed E-state index contributed by atoms with van der Waals surface area (Å²) in [7, 11) is 0. The highest BCUT2D eigenvalue weighted by molar-refractivity contribution is 5.95. The van der Waals surface area contributed by atoms with E-state index in [0.717, 1.165) is 49.9 Å². The quantitative estimate of drug-likeness (QED) is 0.886. The predicted molar refractivity (Wildman–Crippen MR) is 93.4 cm³/mol. The molecule has 0 unspecified atom stereocenters. The van der Waals surface area contributed by atoms with Crippen molar-refractivity contribution in [2.75, 3.05) is 26.2 Å². The molecule has 1 aromatic rings. The van der Waals surface area contributed by atoms with Gasteiger partial charge in [-0.1, -0.05) is 12.8 Å². The first-order valence-electron chi connectivity index (χ1n) is 9.62. The zero-order chi connectivity index (χ0) is 17.2. The van der Waals surface area contributed by atoms with Crippen molar-refractivity contribution >= 4 is 11.9 Å². The molecule has 0 aromatic carbocycles. The van der Waals surface area contributed by atoms with E-state index in [4.69, 9.17) is 0 Å². The molecule has 2 aliphatic heterocycles. The Kier molecular flexibility index (Phi) is 4.63. The molecule has 1 aromatic heterocycles. The molecule has 1 saturated heterocycles. The number of nitrogens with zero attached hydrogens (tertiary/aromatic N) is 4. The zero-order valence-corrected chi connectivity index (χ0v) is 14.7. The fraction of sp³-hybridized carbons (Fsp3) is 0.722. The van der Waals surface area contributed by atoms with Crippen LogP contribution in [0.25, 0.3) is 0 Å². The Labute approximate surface area is 148 Å². The van der Waals surface area contributed by atoms with E-state index in [9.17, 15) is 9.59 Å². The number of hydrogen-bond acceptors (Lipinski definition) is 3. The Morgan fingerprint density at radius 1 is 0.960 bits per heavy atom. The summed E-state index contributed by atoms with van der Waals surface area (Å²) in [4.78, 5) is 28.9. The molecule has 1 aliphatic carbocycles. The maximum Gasteiger partial charge on any atom is 0.317 e. The van der Waals surface area contributed by atoms with E-state index in [-0.39, 0.29) is 11.9 Å². The third-order valence-corrected chi connectivity index (χ3v) is 5.75. The second-order valence-electron chi connectivity index (χ2n) is 7.40. The first-order valence-corrected chi connectivity index (χ1v) is 9.62. The predicted octanol–water partition coefficient (Wildman–Crippen LogP) is 1.63. The highest BCUT2D eigenvalue weighted by atomic mass is 16.2. The molecule has 7 nitrogen and oxygen atoms in total. The largest absolute Gasteiger partial charge is 0.335 e. The van der Waals surface area contributed by atoms with Crippen molar-refractivity contribution in [3.63, 3.8) is 0 Å². The van der Waals surface area contributed by atoms with Crippen LogP contribution in [0.15, 0.2) is 6.20 Å². The number of nitrogens with one attached hydrogen (secondary N) is 1. The third kappa shape index (κ3) is 3.37. The second kappa shape index (κ2) is 7.06. The van der Waals surface area contributed by atoms with Gasteiger partial charge in [0, 0.05) is 38.8 Å². The third-order valence-electron chi connectivity index (χ3n) is 5.75. The van der Waals surface area contributed by atoms with Crippen LogP contribution in [-0.2, 0) is 13.0 Å². The second-order valence-corrected chi connectivity index (χ2v) is 7.40. The standard InChI is InChI=1S/C18H27N5O2/c24-17(15-13-19-23-8-4-3-7-16(15)23)21-9-11-22(12-10-21)18(25)20-14-5-1-2-6-14/h13-14H,1-12H2,(H,20,25). The van der Waals surface area contributed by atoms with Gasteiger partial charge in [-0.05, 0) is 32.1 Å². The van der Waals surface area contributed by atoms with Gasteiger partial charge in [0.15, 0.2) is 0 Å². The van der Waals surface area contributed by atoms with Gasteiger partial charge in [-0.15, -0.1) is 0 Å². The van der Waals surface area contributed by atoms with Crippen LogP contribution in [0, 0.1) is 0 Å². The molecule has 4 rings (SSSR count). The van der Waals surface area contributed by atoms with Gasteiger partial charge in [0.2, 0.25) is 0 Å². The molecule has 0 atom stereocenters. The minimum absolute atomic E-state index is 0.0295. The monoisotopic (exact) mass is 345 g/mol. The molecule has 1 saturated carbocycles. The van der Waals surface area contributed by atoms with Gasteiger partial charge in [0.1, 0.15) is 0 Å². The molecular formula is C18H27N5O2. The van der Waals surface area contributed by atoms with Crippen LogP contribution in [-0.4, -0.2) is 63.7 Å². The van der Waals surface area contributed by atoms with Crippen molar-refractivity contribution in [3.05, 3.63) is 17.5 Å². The fourth-order valence-electron chi connectivity index (χ4n) is 4.22. The number of aryl methyl sites for hydroxylation is 1. The molecule has 3 amide bonds. The topological polar surface area (TPSA) is 70.5 Å². The Morgan fingerprint density at radius 2 is 1.68 bits per heavy atom. The van der Waals surface area contributed by atoms with Crippen LogP contribution < -0.4 is 5.32 Å². The smallest absolute Gasteiger partial charge is 0.317 e. The summed E-state index contributed by atoms with van der Waals surface area (Å²) in [5.74, 6) is 0.0685. The van der Waals surface area contributed by atoms with Crippen LogP contribution in [0.4, 0.5) is 4.79 Å². The Hall–Kier alpha value is -2.05. The molecule has 136 valence electrons. The summed E-state index contributed by atoms with van der Waals surface area (Å²) in [6.07, 6.45) is 9.53. The molecule has 3 aliphatic rings. The summed E-state index contributed by atoms with van der Waals surface area (Å²) in [6.45, 7) is 3.32. The lowest BCUT2D eigenvalue weighted by atomic mass is 10.1. The van der Waals surface area contributed by atoms with Crippen LogP contribution in [0.5, 0.6) is 0 Å². The first-order chi connectivity index (χ1) is 12.2. The Bertz CT molecular complexity index is 642. The number of piperazine rings is 1. The van der Waals surface area contributed by atoms with Gasteiger partial charge in [-0.2, -0.15) is 5.10 Å². The highest BCUT2D eigenvalue weighted by Crippen LogP contribution is 2.21. The van der Waals surface area contributed by atoms with E-state index >= 15 is 0 Å². The zero-order valence-electron chi connectivity index (χ0n) is 14.7. The number of carbonyl (C=O) groups is 2. The van der Waals surface area contributed by atoms with Gasteiger partial charge in [0.25, 0.3) is 5.91 Å². The Balaban J connectivity index is 1.33. The minimum Gasteiger partial charge on any atom is -0.335 e. The molecule has 7 heteroatoms. The molecule has 0 spiro atoms. The number of aromatic nitrogens is 2. The van der Waals surface area contributed by atoms with E-state index in [1.54, 1.807) is 6.20 Å². The Morgan fingerprint density at radius 3 is 2.44 bits per heavy atom. The molecular weight excluding hydrogens is 318 g/mol. The van der Waals surface area contributed by atoms with E-state index < -0.39 is 0 Å². The van der Waals surface area contributed by atoms with Crippen LogP contribution in [0.2, 0.25) is 0 Å². The highest BCUT2D eigenvalue weighted by Gasteiger charge is 2.29. The van der Waals surface area contributed by atoms with Crippen molar-refractivity contribution in [1.82, 2.24) is 24.9 Å². The van der Waals surface area contributed by atoms with Crippen LogP contribution in [0.1, 0.15) is 54.6 Å². The maximum absolute atomic E-state index is 12.8. The molecule has 3 heterocycles. The van der Waals surface area contributed by atoms with Gasteiger partial charge in [0.05, 0.1) is 17.5 Å². The van der Waals surface area contributed by atoms with Gasteiger partial charge >= 0.3 is 6.03 Å².